The summed E-state index contributed by atoms with van der Waals surface area (Å²) in [6.45, 7) is 0. The minimum absolute atomic E-state index is 0.0320. The number of carbonyl (C=O) groups is 1. The lowest BCUT2D eigenvalue weighted by Crippen LogP contribution is -1.99. The SMILES string of the molecule is N#C/C(=C\Nc1ccc(Cl)c(C(=O)O)c1)c1nc2ccccc2o1. The first-order valence-corrected chi connectivity index (χ1v) is 7.22. The van der Waals surface area contributed by atoms with Gasteiger partial charge in [0.15, 0.2) is 5.58 Å². The molecular formula is C17H10ClN3O3. The van der Waals surface area contributed by atoms with Gasteiger partial charge in [0.25, 0.3) is 0 Å². The van der Waals surface area contributed by atoms with Gasteiger partial charge in [-0.05, 0) is 30.3 Å². The Morgan fingerprint density at radius 1 is 1.33 bits per heavy atom. The lowest BCUT2D eigenvalue weighted by Gasteiger charge is -2.04. The fourth-order valence-electron chi connectivity index (χ4n) is 2.06. The van der Waals surface area contributed by atoms with Crippen LogP contribution in [-0.2, 0) is 0 Å². The van der Waals surface area contributed by atoms with Crippen molar-refractivity contribution in [2.45, 2.75) is 0 Å². The molecule has 0 unspecified atom stereocenters. The highest BCUT2D eigenvalue weighted by Gasteiger charge is 2.11. The van der Waals surface area contributed by atoms with Crippen LogP contribution in [0.15, 0.2) is 53.1 Å². The Labute approximate surface area is 141 Å². The molecule has 0 fully saturated rings. The second kappa shape index (κ2) is 6.44. The molecule has 0 atom stereocenters. The number of carboxylic acids is 1. The molecule has 2 N–H and O–H groups in total. The van der Waals surface area contributed by atoms with E-state index in [0.29, 0.717) is 16.8 Å². The van der Waals surface area contributed by atoms with E-state index in [4.69, 9.17) is 21.1 Å². The van der Waals surface area contributed by atoms with Gasteiger partial charge >= 0.3 is 5.97 Å². The van der Waals surface area contributed by atoms with Crippen molar-refractivity contribution in [1.82, 2.24) is 4.98 Å². The van der Waals surface area contributed by atoms with Crippen molar-refractivity contribution in [2.24, 2.45) is 0 Å². The minimum Gasteiger partial charge on any atom is -0.478 e. The second-order valence-electron chi connectivity index (χ2n) is 4.80. The molecule has 0 spiro atoms. The molecule has 6 nitrogen and oxygen atoms in total. The van der Waals surface area contributed by atoms with Crippen LogP contribution in [0.2, 0.25) is 5.02 Å². The van der Waals surface area contributed by atoms with E-state index in [2.05, 4.69) is 10.3 Å². The summed E-state index contributed by atoms with van der Waals surface area (Å²) in [5.74, 6) is -0.953. The van der Waals surface area contributed by atoms with Crippen LogP contribution in [-0.4, -0.2) is 16.1 Å². The number of nitrogens with one attached hydrogen (secondary N) is 1. The molecule has 0 amide bonds. The van der Waals surface area contributed by atoms with Crippen LogP contribution in [0.25, 0.3) is 16.7 Å². The van der Waals surface area contributed by atoms with Crippen molar-refractivity contribution in [3.63, 3.8) is 0 Å². The molecule has 1 aromatic heterocycles. The number of oxazole rings is 1. The topological polar surface area (TPSA) is 99.2 Å². The predicted molar refractivity (Wildman–Crippen MR) is 89.6 cm³/mol. The standard InChI is InChI=1S/C17H10ClN3O3/c18-13-6-5-11(7-12(13)17(22)23)20-9-10(8-19)16-21-14-3-1-2-4-15(14)24-16/h1-7,9,20H,(H,22,23)/b10-9+. The molecule has 1 heterocycles. The molecule has 2 aromatic carbocycles. The Balaban J connectivity index is 1.90. The van der Waals surface area contributed by atoms with Crippen LogP contribution in [0.4, 0.5) is 5.69 Å². The molecule has 0 saturated carbocycles. The fourth-order valence-corrected chi connectivity index (χ4v) is 2.26. The van der Waals surface area contributed by atoms with E-state index in [-0.39, 0.29) is 22.0 Å². The lowest BCUT2D eigenvalue weighted by molar-refractivity contribution is 0.0697. The average molecular weight is 340 g/mol. The number of aromatic carboxylic acids is 1. The number of fused-ring (bicyclic) bond motifs is 1. The number of nitrogens with zero attached hydrogens (tertiary/aromatic N) is 2. The quantitative estimate of drug-likeness (QED) is 0.692. The molecule has 3 rings (SSSR count). The Morgan fingerprint density at radius 3 is 2.83 bits per heavy atom. The third-order valence-corrected chi connectivity index (χ3v) is 3.55. The molecule has 7 heteroatoms. The van der Waals surface area contributed by atoms with Gasteiger partial charge < -0.3 is 14.8 Å². The number of anilines is 1. The summed E-state index contributed by atoms with van der Waals surface area (Å²) in [6.07, 6.45) is 1.40. The van der Waals surface area contributed by atoms with E-state index in [1.54, 1.807) is 18.2 Å². The van der Waals surface area contributed by atoms with Gasteiger partial charge in [-0.1, -0.05) is 23.7 Å². The van der Waals surface area contributed by atoms with E-state index < -0.39 is 5.97 Å². The summed E-state index contributed by atoms with van der Waals surface area (Å²) >= 11 is 5.82. The number of halogens is 1. The maximum atomic E-state index is 11.1. The van der Waals surface area contributed by atoms with Crippen LogP contribution in [0.3, 0.4) is 0 Å². The lowest BCUT2D eigenvalue weighted by atomic mass is 10.2. The van der Waals surface area contributed by atoms with Gasteiger partial charge in [0.1, 0.15) is 17.2 Å². The Bertz CT molecular complexity index is 969. The van der Waals surface area contributed by atoms with Crippen molar-refractivity contribution in [2.75, 3.05) is 5.32 Å². The predicted octanol–water partition coefficient (Wildman–Crippen LogP) is 4.16. The summed E-state index contributed by atoms with van der Waals surface area (Å²) in [6, 6.07) is 13.6. The summed E-state index contributed by atoms with van der Waals surface area (Å²) in [5.41, 5.74) is 1.84. The molecule has 0 bridgehead atoms. The molecule has 0 aliphatic carbocycles. The summed E-state index contributed by atoms with van der Waals surface area (Å²) in [5, 5.41) is 21.4. The van der Waals surface area contributed by atoms with Crippen LogP contribution in [0, 0.1) is 11.3 Å². The molecule has 0 aliphatic heterocycles. The van der Waals surface area contributed by atoms with Crippen LogP contribution < -0.4 is 5.32 Å². The zero-order valence-corrected chi connectivity index (χ0v) is 12.9. The van der Waals surface area contributed by atoms with E-state index in [1.165, 1.54) is 18.3 Å². The monoisotopic (exact) mass is 339 g/mol. The Kier molecular flexibility index (Phi) is 4.18. The van der Waals surface area contributed by atoms with Crippen molar-refractivity contribution >= 4 is 39.9 Å². The van der Waals surface area contributed by atoms with Crippen molar-refractivity contribution < 1.29 is 14.3 Å². The normalized spacial score (nSPS) is 11.2. The van der Waals surface area contributed by atoms with E-state index in [9.17, 15) is 10.1 Å². The largest absolute Gasteiger partial charge is 0.478 e. The highest BCUT2D eigenvalue weighted by Crippen LogP contribution is 2.23. The molecule has 118 valence electrons. The summed E-state index contributed by atoms with van der Waals surface area (Å²) in [7, 11) is 0. The highest BCUT2D eigenvalue weighted by molar-refractivity contribution is 6.33. The average Bonchev–Trinajstić information content (AvgIpc) is 3.00. The van der Waals surface area contributed by atoms with Gasteiger partial charge in [0, 0.05) is 11.9 Å². The zero-order chi connectivity index (χ0) is 17.1. The maximum absolute atomic E-state index is 11.1. The molecule has 24 heavy (non-hydrogen) atoms. The van der Waals surface area contributed by atoms with Gasteiger partial charge in [0.2, 0.25) is 5.89 Å². The Hall–Kier alpha value is -3.30. The van der Waals surface area contributed by atoms with Gasteiger partial charge in [-0.15, -0.1) is 0 Å². The molecule has 0 radical (unpaired) electrons. The van der Waals surface area contributed by atoms with E-state index >= 15 is 0 Å². The number of hydrogen-bond donors (Lipinski definition) is 2. The second-order valence-corrected chi connectivity index (χ2v) is 5.21. The van der Waals surface area contributed by atoms with Gasteiger partial charge in [-0.3, -0.25) is 0 Å². The van der Waals surface area contributed by atoms with Gasteiger partial charge in [-0.25, -0.2) is 9.78 Å². The molecular weight excluding hydrogens is 330 g/mol. The van der Waals surface area contributed by atoms with Crippen molar-refractivity contribution in [1.29, 1.82) is 5.26 Å². The summed E-state index contributed by atoms with van der Waals surface area (Å²) in [4.78, 5) is 15.3. The fraction of sp³-hybridized carbons (Fsp3) is 0. The maximum Gasteiger partial charge on any atom is 0.337 e. The number of benzene rings is 2. The third kappa shape index (κ3) is 3.07. The number of para-hydroxylation sites is 2. The molecule has 0 aliphatic rings. The Morgan fingerprint density at radius 2 is 2.12 bits per heavy atom. The van der Waals surface area contributed by atoms with E-state index in [1.807, 2.05) is 18.2 Å². The number of nitriles is 1. The first-order valence-electron chi connectivity index (χ1n) is 6.84. The minimum atomic E-state index is -1.13. The first kappa shape index (κ1) is 15.6. The molecule has 0 saturated heterocycles. The molecule has 3 aromatic rings. The zero-order valence-electron chi connectivity index (χ0n) is 12.2. The summed E-state index contributed by atoms with van der Waals surface area (Å²) < 4.78 is 5.53. The third-order valence-electron chi connectivity index (χ3n) is 3.22. The number of rotatable bonds is 4. The smallest absolute Gasteiger partial charge is 0.337 e. The van der Waals surface area contributed by atoms with Crippen LogP contribution in [0.1, 0.15) is 16.2 Å². The number of carboxylic acid groups (broad SMARTS) is 1. The van der Waals surface area contributed by atoms with Crippen molar-refractivity contribution in [3.05, 3.63) is 65.1 Å². The number of hydrogen-bond acceptors (Lipinski definition) is 5. The highest BCUT2D eigenvalue weighted by atomic mass is 35.5. The van der Waals surface area contributed by atoms with Crippen LogP contribution in [0.5, 0.6) is 0 Å². The number of aromatic nitrogens is 1. The van der Waals surface area contributed by atoms with Crippen LogP contribution >= 0.6 is 11.6 Å². The first-order chi connectivity index (χ1) is 11.6. The van der Waals surface area contributed by atoms with Gasteiger partial charge in [-0.2, -0.15) is 5.26 Å². The van der Waals surface area contributed by atoms with E-state index in [0.717, 1.165) is 0 Å². The van der Waals surface area contributed by atoms with Gasteiger partial charge in [0.05, 0.1) is 10.6 Å². The number of allylic oxidation sites excluding steroid dienone is 1. The van der Waals surface area contributed by atoms with Crippen molar-refractivity contribution in [3.8, 4) is 6.07 Å².